The van der Waals surface area contributed by atoms with E-state index in [0.29, 0.717) is 26.3 Å². The van der Waals surface area contributed by atoms with Crippen molar-refractivity contribution in [2.75, 3.05) is 46.9 Å². The van der Waals surface area contributed by atoms with Gasteiger partial charge in [0, 0.05) is 19.6 Å². The Morgan fingerprint density at radius 2 is 1.85 bits per heavy atom. The Morgan fingerprint density at radius 3 is 2.40 bits per heavy atom. The Bertz CT molecular complexity index is 274. The van der Waals surface area contributed by atoms with Gasteiger partial charge >= 0.3 is 0 Å². The van der Waals surface area contributed by atoms with Gasteiger partial charge in [-0.15, -0.1) is 0 Å². The van der Waals surface area contributed by atoms with E-state index in [-0.39, 0.29) is 11.3 Å². The van der Waals surface area contributed by atoms with Crippen molar-refractivity contribution in [3.63, 3.8) is 0 Å². The fourth-order valence-corrected chi connectivity index (χ4v) is 2.70. The molecule has 0 unspecified atom stereocenters. The van der Waals surface area contributed by atoms with Gasteiger partial charge in [0.05, 0.1) is 18.6 Å². The molecule has 1 aliphatic rings. The fourth-order valence-electron chi connectivity index (χ4n) is 2.70. The van der Waals surface area contributed by atoms with E-state index in [0.717, 1.165) is 32.2 Å². The van der Waals surface area contributed by atoms with Gasteiger partial charge in [-0.05, 0) is 26.9 Å². The molecule has 0 aliphatic heterocycles. The van der Waals surface area contributed by atoms with E-state index in [1.165, 1.54) is 12.8 Å². The molecule has 0 heterocycles. The van der Waals surface area contributed by atoms with Gasteiger partial charge in [-0.25, -0.2) is 0 Å². The van der Waals surface area contributed by atoms with Crippen LogP contribution >= 0.6 is 0 Å². The van der Waals surface area contributed by atoms with Gasteiger partial charge in [-0.3, -0.25) is 4.79 Å². The molecule has 1 saturated carbocycles. The van der Waals surface area contributed by atoms with E-state index in [1.807, 2.05) is 14.1 Å². The summed E-state index contributed by atoms with van der Waals surface area (Å²) in [5.74, 6) is 0.123. The summed E-state index contributed by atoms with van der Waals surface area (Å²) in [5.41, 5.74) is 5.56. The Hall–Kier alpha value is -0.650. The molecule has 5 heteroatoms. The van der Waals surface area contributed by atoms with E-state index < -0.39 is 0 Å². The molecule has 0 saturated heterocycles. The minimum Gasteiger partial charge on any atom is -0.378 e. The molecule has 0 spiro atoms. The van der Waals surface area contributed by atoms with Crippen LogP contribution in [0.5, 0.6) is 0 Å². The monoisotopic (exact) mass is 285 g/mol. The smallest absolute Gasteiger partial charge is 0.227 e. The standard InChI is InChI=1S/C15H31N3O2/c1-18(2)10-12-20-11-9-17-14(19)15(13-16)7-5-3-4-6-8-15/h3-13,16H2,1-2H3,(H,17,19). The van der Waals surface area contributed by atoms with Crippen LogP contribution in [0.2, 0.25) is 0 Å². The first-order chi connectivity index (χ1) is 9.60. The van der Waals surface area contributed by atoms with Gasteiger partial charge in [0.2, 0.25) is 5.91 Å². The van der Waals surface area contributed by atoms with E-state index in [9.17, 15) is 4.79 Å². The molecule has 0 bridgehead atoms. The first-order valence-corrected chi connectivity index (χ1v) is 7.81. The van der Waals surface area contributed by atoms with Crippen LogP contribution in [0.3, 0.4) is 0 Å². The lowest BCUT2D eigenvalue weighted by atomic mass is 9.79. The number of likely N-dealkylation sites (N-methyl/N-ethyl adjacent to an activating group) is 1. The number of hydrogen-bond donors (Lipinski definition) is 2. The zero-order valence-corrected chi connectivity index (χ0v) is 13.1. The largest absolute Gasteiger partial charge is 0.378 e. The van der Waals surface area contributed by atoms with E-state index >= 15 is 0 Å². The number of amides is 1. The topological polar surface area (TPSA) is 67.6 Å². The van der Waals surface area contributed by atoms with Crippen molar-refractivity contribution in [1.29, 1.82) is 0 Å². The number of nitrogens with zero attached hydrogens (tertiary/aromatic N) is 1. The van der Waals surface area contributed by atoms with E-state index in [1.54, 1.807) is 0 Å². The summed E-state index contributed by atoms with van der Waals surface area (Å²) in [6, 6.07) is 0. The predicted molar refractivity (Wildman–Crippen MR) is 81.6 cm³/mol. The summed E-state index contributed by atoms with van der Waals surface area (Å²) < 4.78 is 5.49. The van der Waals surface area contributed by atoms with Crippen molar-refractivity contribution >= 4 is 5.91 Å². The Labute approximate surface area is 123 Å². The highest BCUT2D eigenvalue weighted by Crippen LogP contribution is 2.34. The predicted octanol–water partition coefficient (Wildman–Crippen LogP) is 0.980. The molecule has 3 N–H and O–H groups in total. The fraction of sp³-hybridized carbons (Fsp3) is 0.933. The number of nitrogens with one attached hydrogen (secondary N) is 1. The highest BCUT2D eigenvalue weighted by molar-refractivity contribution is 5.82. The van der Waals surface area contributed by atoms with Crippen molar-refractivity contribution in [3.8, 4) is 0 Å². The molecule has 1 fully saturated rings. The van der Waals surface area contributed by atoms with Crippen molar-refractivity contribution < 1.29 is 9.53 Å². The highest BCUT2D eigenvalue weighted by atomic mass is 16.5. The van der Waals surface area contributed by atoms with Gasteiger partial charge in [0.1, 0.15) is 0 Å². The van der Waals surface area contributed by atoms with Gasteiger partial charge in [-0.2, -0.15) is 0 Å². The molecular formula is C15H31N3O2. The van der Waals surface area contributed by atoms with Crippen LogP contribution in [0.15, 0.2) is 0 Å². The average Bonchev–Trinajstić information content (AvgIpc) is 2.68. The first-order valence-electron chi connectivity index (χ1n) is 7.81. The molecule has 0 radical (unpaired) electrons. The van der Waals surface area contributed by atoms with Gasteiger partial charge < -0.3 is 20.7 Å². The lowest BCUT2D eigenvalue weighted by Gasteiger charge is -2.29. The maximum Gasteiger partial charge on any atom is 0.227 e. The van der Waals surface area contributed by atoms with Crippen LogP contribution in [0.25, 0.3) is 0 Å². The summed E-state index contributed by atoms with van der Waals surface area (Å²) in [6.07, 6.45) is 6.53. The minimum absolute atomic E-state index is 0.123. The lowest BCUT2D eigenvalue weighted by Crippen LogP contribution is -2.46. The Kier molecular flexibility index (Phi) is 8.11. The normalized spacial score (nSPS) is 18.8. The number of ether oxygens (including phenoxy) is 1. The minimum atomic E-state index is -0.333. The van der Waals surface area contributed by atoms with Crippen molar-refractivity contribution in [2.45, 2.75) is 38.5 Å². The van der Waals surface area contributed by atoms with Crippen LogP contribution in [-0.2, 0) is 9.53 Å². The SMILES string of the molecule is CN(C)CCOCCNC(=O)C1(CN)CCCCCC1. The van der Waals surface area contributed by atoms with Gasteiger partial charge in [0.15, 0.2) is 0 Å². The van der Waals surface area contributed by atoms with E-state index in [2.05, 4.69) is 10.2 Å². The summed E-state index contributed by atoms with van der Waals surface area (Å²) in [6.45, 7) is 3.21. The highest BCUT2D eigenvalue weighted by Gasteiger charge is 2.36. The van der Waals surface area contributed by atoms with Crippen LogP contribution < -0.4 is 11.1 Å². The summed E-state index contributed by atoms with van der Waals surface area (Å²) in [5, 5.41) is 3.00. The van der Waals surface area contributed by atoms with Crippen LogP contribution in [0.1, 0.15) is 38.5 Å². The van der Waals surface area contributed by atoms with Crippen molar-refractivity contribution in [2.24, 2.45) is 11.1 Å². The van der Waals surface area contributed by atoms with E-state index in [4.69, 9.17) is 10.5 Å². The van der Waals surface area contributed by atoms with Gasteiger partial charge in [-0.1, -0.05) is 25.7 Å². The zero-order valence-electron chi connectivity index (χ0n) is 13.1. The van der Waals surface area contributed by atoms with Crippen LogP contribution in [0, 0.1) is 5.41 Å². The molecule has 118 valence electrons. The number of nitrogens with two attached hydrogens (primary N) is 1. The lowest BCUT2D eigenvalue weighted by molar-refractivity contribution is -0.131. The second kappa shape index (κ2) is 9.32. The quantitative estimate of drug-likeness (QED) is 0.515. The summed E-state index contributed by atoms with van der Waals surface area (Å²) >= 11 is 0. The molecule has 0 atom stereocenters. The third kappa shape index (κ3) is 5.77. The maximum absolute atomic E-state index is 12.4. The molecule has 1 aliphatic carbocycles. The zero-order chi connectivity index (χ0) is 14.8. The molecule has 5 nitrogen and oxygen atoms in total. The molecule has 0 aromatic carbocycles. The molecule has 20 heavy (non-hydrogen) atoms. The summed E-state index contributed by atoms with van der Waals surface area (Å²) in [4.78, 5) is 14.5. The van der Waals surface area contributed by atoms with Gasteiger partial charge in [0.25, 0.3) is 0 Å². The summed E-state index contributed by atoms with van der Waals surface area (Å²) in [7, 11) is 4.03. The molecule has 0 aromatic rings. The number of carbonyl (C=O) groups excluding carboxylic acids is 1. The molecule has 0 aromatic heterocycles. The first kappa shape index (κ1) is 17.4. The van der Waals surface area contributed by atoms with Crippen LogP contribution in [-0.4, -0.2) is 57.8 Å². The molecule has 1 amide bonds. The Balaban J connectivity index is 2.25. The number of hydrogen-bond acceptors (Lipinski definition) is 4. The van der Waals surface area contributed by atoms with Crippen molar-refractivity contribution in [1.82, 2.24) is 10.2 Å². The number of rotatable bonds is 8. The second-order valence-electron chi connectivity index (χ2n) is 6.07. The molecular weight excluding hydrogens is 254 g/mol. The Morgan fingerprint density at radius 1 is 1.20 bits per heavy atom. The molecule has 1 rings (SSSR count). The average molecular weight is 285 g/mol. The third-order valence-corrected chi connectivity index (χ3v) is 4.15. The second-order valence-corrected chi connectivity index (χ2v) is 6.07. The maximum atomic E-state index is 12.4. The van der Waals surface area contributed by atoms with Crippen LogP contribution in [0.4, 0.5) is 0 Å². The number of carbonyl (C=O) groups is 1. The third-order valence-electron chi connectivity index (χ3n) is 4.15. The van der Waals surface area contributed by atoms with Crippen molar-refractivity contribution in [3.05, 3.63) is 0 Å².